The molecule has 1 atom stereocenters. The fourth-order valence-electron chi connectivity index (χ4n) is 0.402. The summed E-state index contributed by atoms with van der Waals surface area (Å²) in [6.07, 6.45) is -0.224. The Morgan fingerprint density at radius 2 is 1.56 bits per heavy atom. The average molecular weight is 240 g/mol. The van der Waals surface area contributed by atoms with Gasteiger partial charge < -0.3 is 37.0 Å². The Morgan fingerprint density at radius 3 is 1.75 bits per heavy atom. The van der Waals surface area contributed by atoms with Crippen molar-refractivity contribution in [1.29, 1.82) is 0 Å². The summed E-state index contributed by atoms with van der Waals surface area (Å²) in [5, 5.41) is 39.7. The summed E-state index contributed by atoms with van der Waals surface area (Å²) >= 11 is 0. The van der Waals surface area contributed by atoms with E-state index in [1.165, 1.54) is 0 Å². The van der Waals surface area contributed by atoms with Gasteiger partial charge in [-0.15, -0.1) is 0 Å². The van der Waals surface area contributed by atoms with Gasteiger partial charge in [0.15, 0.2) is 0 Å². The Balaban J connectivity index is 0. The number of aliphatic hydroxyl groups is 3. The molecular weight excluding hydrogens is 224 g/mol. The van der Waals surface area contributed by atoms with Crippen LogP contribution in [-0.2, 0) is 9.59 Å². The molecule has 0 aromatic carbocycles. The van der Waals surface area contributed by atoms with Crippen LogP contribution in [-0.4, -0.2) is 56.0 Å². The quantitative estimate of drug-likeness (QED) is 0.243. The van der Waals surface area contributed by atoms with Crippen LogP contribution in [0.5, 0.6) is 0 Å². The van der Waals surface area contributed by atoms with Gasteiger partial charge in [0.05, 0.1) is 6.54 Å². The van der Waals surface area contributed by atoms with Crippen molar-refractivity contribution in [1.82, 2.24) is 0 Å². The van der Waals surface area contributed by atoms with Gasteiger partial charge in [-0.25, -0.2) is 0 Å². The fourth-order valence-corrected chi connectivity index (χ4v) is 0.402. The largest absolute Gasteiger partial charge is 0.481 e. The molecule has 0 saturated heterocycles. The number of hydrogen-bond donors (Lipinski definition) is 7. The highest BCUT2D eigenvalue weighted by Gasteiger charge is 2.12. The van der Waals surface area contributed by atoms with Gasteiger partial charge >= 0.3 is 11.9 Å². The van der Waals surface area contributed by atoms with Gasteiger partial charge in [-0.3, -0.25) is 9.59 Å². The molecule has 0 aliphatic rings. The Bertz CT molecular complexity index is 225. The van der Waals surface area contributed by atoms with Gasteiger partial charge in [-0.05, 0) is 6.42 Å². The highest BCUT2D eigenvalue weighted by Crippen LogP contribution is 1.93. The predicted molar refractivity (Wildman–Crippen MR) is 50.9 cm³/mol. The molecule has 0 saturated carbocycles. The van der Waals surface area contributed by atoms with Crippen LogP contribution in [0.3, 0.4) is 0 Å². The minimum atomic E-state index is -2.68. The third kappa shape index (κ3) is 15.2. The maximum atomic E-state index is 9.99. The standard InChI is InChI=1S/C5H9NO4.C2H7NO3/c6-3(5(9)10)1-2-4(7)8;3-1-2(4,5)6/h3H,1-2,6H2,(H,7,8)(H,9,10);4-6H,1,3H2. The van der Waals surface area contributed by atoms with Crippen LogP contribution in [0.4, 0.5) is 0 Å². The van der Waals surface area contributed by atoms with Gasteiger partial charge in [-0.1, -0.05) is 0 Å². The van der Waals surface area contributed by atoms with Crippen LogP contribution in [0.1, 0.15) is 12.8 Å². The van der Waals surface area contributed by atoms with E-state index < -0.39 is 30.5 Å². The molecule has 0 spiro atoms. The van der Waals surface area contributed by atoms with Crippen molar-refractivity contribution < 1.29 is 35.1 Å². The van der Waals surface area contributed by atoms with Crippen molar-refractivity contribution in [3.05, 3.63) is 0 Å². The van der Waals surface area contributed by atoms with Crippen molar-refractivity contribution in [3.8, 4) is 0 Å². The van der Waals surface area contributed by atoms with Gasteiger partial charge in [-0.2, -0.15) is 0 Å². The number of rotatable bonds is 5. The van der Waals surface area contributed by atoms with E-state index in [1.54, 1.807) is 0 Å². The molecule has 0 aromatic heterocycles. The maximum Gasteiger partial charge on any atom is 0.320 e. The van der Waals surface area contributed by atoms with Gasteiger partial charge in [0.2, 0.25) is 0 Å². The highest BCUT2D eigenvalue weighted by atomic mass is 16.7. The minimum absolute atomic E-state index is 0.0231. The lowest BCUT2D eigenvalue weighted by Crippen LogP contribution is -2.36. The highest BCUT2D eigenvalue weighted by molar-refractivity contribution is 5.74. The molecule has 0 aliphatic carbocycles. The second-order valence-corrected chi connectivity index (χ2v) is 2.86. The first-order valence-corrected chi connectivity index (χ1v) is 4.17. The van der Waals surface area contributed by atoms with Crippen molar-refractivity contribution >= 4 is 11.9 Å². The van der Waals surface area contributed by atoms with Crippen LogP contribution in [0, 0.1) is 0 Å². The zero-order chi connectivity index (χ0) is 13.4. The topological polar surface area (TPSA) is 187 Å². The van der Waals surface area contributed by atoms with Gasteiger partial charge in [0.25, 0.3) is 5.97 Å². The third-order valence-corrected chi connectivity index (χ3v) is 1.26. The van der Waals surface area contributed by atoms with E-state index in [0.717, 1.165) is 0 Å². The molecule has 0 aliphatic heterocycles. The van der Waals surface area contributed by atoms with E-state index in [4.69, 9.17) is 31.3 Å². The van der Waals surface area contributed by atoms with Crippen LogP contribution in [0.2, 0.25) is 0 Å². The lowest BCUT2D eigenvalue weighted by atomic mass is 10.2. The zero-order valence-corrected chi connectivity index (χ0v) is 8.41. The van der Waals surface area contributed by atoms with Crippen LogP contribution >= 0.6 is 0 Å². The summed E-state index contributed by atoms with van der Waals surface area (Å²) < 4.78 is 0. The Kier molecular flexibility index (Phi) is 8.53. The molecule has 16 heavy (non-hydrogen) atoms. The molecule has 0 heterocycles. The summed E-state index contributed by atoms with van der Waals surface area (Å²) in [5.74, 6) is -4.88. The summed E-state index contributed by atoms with van der Waals surface area (Å²) in [6, 6.07) is -1.06. The van der Waals surface area contributed by atoms with Crippen LogP contribution in [0.25, 0.3) is 0 Å². The molecule has 96 valence electrons. The number of carboxylic acids is 2. The summed E-state index contributed by atoms with van der Waals surface area (Å²) in [5.41, 5.74) is 9.56. The molecule has 9 N–H and O–H groups in total. The molecule has 0 rings (SSSR count). The van der Waals surface area contributed by atoms with E-state index in [9.17, 15) is 9.59 Å². The number of carbonyl (C=O) groups is 2. The van der Waals surface area contributed by atoms with E-state index >= 15 is 0 Å². The number of nitrogens with two attached hydrogens (primary N) is 2. The number of carboxylic acid groups (broad SMARTS) is 2. The third-order valence-electron chi connectivity index (χ3n) is 1.26. The normalized spacial score (nSPS) is 12.3. The predicted octanol–water partition coefficient (Wildman–Crippen LogP) is -3.16. The van der Waals surface area contributed by atoms with Gasteiger partial charge in [0.1, 0.15) is 6.04 Å². The summed E-state index contributed by atoms with van der Waals surface area (Å²) in [6.45, 7) is -0.562. The molecule has 9 heteroatoms. The van der Waals surface area contributed by atoms with E-state index in [-0.39, 0.29) is 12.8 Å². The molecule has 0 fully saturated rings. The smallest absolute Gasteiger partial charge is 0.320 e. The fraction of sp³-hybridized carbons (Fsp3) is 0.714. The monoisotopic (exact) mass is 240 g/mol. The van der Waals surface area contributed by atoms with E-state index in [1.807, 2.05) is 0 Å². The second kappa shape index (κ2) is 7.96. The molecular formula is C7H16N2O7. The summed E-state index contributed by atoms with van der Waals surface area (Å²) in [4.78, 5) is 19.9. The number of hydrogen-bond acceptors (Lipinski definition) is 7. The van der Waals surface area contributed by atoms with E-state index in [0.29, 0.717) is 0 Å². The van der Waals surface area contributed by atoms with Crippen molar-refractivity contribution in [2.45, 2.75) is 24.9 Å². The molecule has 9 nitrogen and oxygen atoms in total. The molecule has 0 radical (unpaired) electrons. The lowest BCUT2D eigenvalue weighted by molar-refractivity contribution is -0.302. The van der Waals surface area contributed by atoms with Crippen molar-refractivity contribution in [2.75, 3.05) is 6.54 Å². The molecule has 1 unspecified atom stereocenters. The van der Waals surface area contributed by atoms with Crippen LogP contribution < -0.4 is 11.5 Å². The van der Waals surface area contributed by atoms with Crippen molar-refractivity contribution in [3.63, 3.8) is 0 Å². The first-order valence-electron chi connectivity index (χ1n) is 4.17. The Morgan fingerprint density at radius 1 is 1.19 bits per heavy atom. The summed E-state index contributed by atoms with van der Waals surface area (Å²) in [7, 11) is 0. The first-order chi connectivity index (χ1) is 7.10. The van der Waals surface area contributed by atoms with Gasteiger partial charge in [0, 0.05) is 6.42 Å². The first kappa shape index (κ1) is 17.1. The van der Waals surface area contributed by atoms with Crippen molar-refractivity contribution in [2.24, 2.45) is 11.5 Å². The van der Waals surface area contributed by atoms with E-state index in [2.05, 4.69) is 5.73 Å². The average Bonchev–Trinajstić information content (AvgIpc) is 2.13. The lowest BCUT2D eigenvalue weighted by Gasteiger charge is -2.07. The maximum absolute atomic E-state index is 9.99. The van der Waals surface area contributed by atoms with Crippen LogP contribution in [0.15, 0.2) is 0 Å². The molecule has 0 aromatic rings. The SMILES string of the molecule is NC(CCC(=O)O)C(=O)O.NCC(O)(O)O. The second-order valence-electron chi connectivity index (χ2n) is 2.86. The Hall–Kier alpha value is -1.26. The zero-order valence-electron chi connectivity index (χ0n) is 8.41. The minimum Gasteiger partial charge on any atom is -0.481 e. The molecule has 0 amide bonds. The molecule has 0 bridgehead atoms. The number of aliphatic carboxylic acids is 2. The Labute approximate surface area is 90.9 Å².